The number of aryl methyl sites for hydroxylation is 1. The van der Waals surface area contributed by atoms with E-state index in [2.05, 4.69) is 22.4 Å². The molecule has 9 heteroatoms. The number of ether oxygens (including phenoxy) is 1. The smallest absolute Gasteiger partial charge is 0.234 e. The van der Waals surface area contributed by atoms with Crippen molar-refractivity contribution in [2.75, 3.05) is 11.1 Å². The van der Waals surface area contributed by atoms with Gasteiger partial charge in [-0.3, -0.25) is 4.79 Å². The van der Waals surface area contributed by atoms with Crippen molar-refractivity contribution < 1.29 is 13.9 Å². The maximum atomic E-state index is 13.2. The molecule has 0 bridgehead atoms. The van der Waals surface area contributed by atoms with E-state index >= 15 is 0 Å². The molecule has 3 rings (SSSR count). The Morgan fingerprint density at radius 2 is 1.97 bits per heavy atom. The summed E-state index contributed by atoms with van der Waals surface area (Å²) in [5.74, 6) is 0.619. The van der Waals surface area contributed by atoms with Gasteiger partial charge in [-0.15, -0.1) is 10.2 Å². The number of thioether (sulfide) groups is 1. The van der Waals surface area contributed by atoms with Gasteiger partial charge in [0.15, 0.2) is 11.0 Å². The molecular formula is C21H22ClFN4O2S. The van der Waals surface area contributed by atoms with Gasteiger partial charge in [-0.05, 0) is 49.2 Å². The van der Waals surface area contributed by atoms with Crippen LogP contribution in [0.4, 0.5) is 10.1 Å². The van der Waals surface area contributed by atoms with Crippen LogP contribution in [0.15, 0.2) is 47.6 Å². The molecule has 0 aliphatic heterocycles. The predicted octanol–water partition coefficient (Wildman–Crippen LogP) is 4.96. The molecule has 0 atom stereocenters. The van der Waals surface area contributed by atoms with Gasteiger partial charge in [0.05, 0.1) is 10.8 Å². The number of nitrogens with zero attached hydrogens (tertiary/aromatic N) is 3. The lowest BCUT2D eigenvalue weighted by Crippen LogP contribution is -2.15. The van der Waals surface area contributed by atoms with E-state index in [1.807, 2.05) is 35.8 Å². The van der Waals surface area contributed by atoms with Crippen LogP contribution in [-0.4, -0.2) is 26.4 Å². The van der Waals surface area contributed by atoms with E-state index in [4.69, 9.17) is 16.3 Å². The first kappa shape index (κ1) is 22.1. The summed E-state index contributed by atoms with van der Waals surface area (Å²) in [6.07, 6.45) is 0.955. The second kappa shape index (κ2) is 10.4. The van der Waals surface area contributed by atoms with E-state index in [0.29, 0.717) is 23.3 Å². The molecule has 3 aromatic rings. The zero-order chi connectivity index (χ0) is 21.5. The largest absolute Gasteiger partial charge is 0.484 e. The average Bonchev–Trinajstić information content (AvgIpc) is 3.14. The fourth-order valence-corrected chi connectivity index (χ4v) is 3.78. The van der Waals surface area contributed by atoms with Crippen molar-refractivity contribution in [3.8, 4) is 5.75 Å². The van der Waals surface area contributed by atoms with Crippen molar-refractivity contribution in [2.24, 2.45) is 0 Å². The van der Waals surface area contributed by atoms with Crippen molar-refractivity contribution in [3.63, 3.8) is 0 Å². The summed E-state index contributed by atoms with van der Waals surface area (Å²) >= 11 is 7.29. The van der Waals surface area contributed by atoms with Gasteiger partial charge in [0, 0.05) is 12.2 Å². The Morgan fingerprint density at radius 1 is 1.20 bits per heavy atom. The highest BCUT2D eigenvalue weighted by atomic mass is 35.5. The molecule has 0 fully saturated rings. The fraction of sp³-hybridized carbons (Fsp3) is 0.286. The molecular weight excluding hydrogens is 427 g/mol. The molecule has 30 heavy (non-hydrogen) atoms. The zero-order valence-corrected chi connectivity index (χ0v) is 18.3. The molecule has 0 saturated heterocycles. The number of halogens is 2. The molecule has 158 valence electrons. The molecule has 6 nitrogen and oxygen atoms in total. The van der Waals surface area contributed by atoms with Crippen molar-refractivity contribution >= 4 is 35.0 Å². The number of aromatic nitrogens is 3. The Morgan fingerprint density at radius 3 is 2.63 bits per heavy atom. The molecule has 0 radical (unpaired) electrons. The van der Waals surface area contributed by atoms with Crippen molar-refractivity contribution in [1.29, 1.82) is 0 Å². The summed E-state index contributed by atoms with van der Waals surface area (Å²) in [4.78, 5) is 12.3. The molecule has 1 aromatic heterocycles. The molecule has 0 saturated carbocycles. The molecule has 0 aliphatic carbocycles. The third-order valence-corrected chi connectivity index (χ3v) is 5.60. The number of carbonyl (C=O) groups is 1. The quantitative estimate of drug-likeness (QED) is 0.468. The van der Waals surface area contributed by atoms with Crippen LogP contribution in [0.1, 0.15) is 25.2 Å². The third kappa shape index (κ3) is 5.73. The number of anilines is 1. The van der Waals surface area contributed by atoms with Gasteiger partial charge in [-0.25, -0.2) is 4.39 Å². The van der Waals surface area contributed by atoms with Crippen LogP contribution in [0.2, 0.25) is 5.02 Å². The number of hydrogen-bond donors (Lipinski definition) is 1. The van der Waals surface area contributed by atoms with Crippen LogP contribution in [0.25, 0.3) is 0 Å². The maximum Gasteiger partial charge on any atom is 0.234 e. The van der Waals surface area contributed by atoms with Crippen LogP contribution in [0, 0.1) is 5.82 Å². The van der Waals surface area contributed by atoms with Gasteiger partial charge in [0.1, 0.15) is 18.2 Å². The van der Waals surface area contributed by atoms with Crippen molar-refractivity contribution in [3.05, 3.63) is 64.7 Å². The van der Waals surface area contributed by atoms with E-state index in [1.54, 1.807) is 0 Å². The minimum atomic E-state index is -0.428. The van der Waals surface area contributed by atoms with E-state index in [1.165, 1.54) is 35.5 Å². The lowest BCUT2D eigenvalue weighted by atomic mass is 10.1. The fourth-order valence-electron chi connectivity index (χ4n) is 2.74. The molecule has 2 aromatic carbocycles. The minimum Gasteiger partial charge on any atom is -0.484 e. The molecule has 0 spiro atoms. The first-order valence-corrected chi connectivity index (χ1v) is 10.9. The van der Waals surface area contributed by atoms with Gasteiger partial charge in [-0.1, -0.05) is 42.4 Å². The van der Waals surface area contributed by atoms with E-state index in [-0.39, 0.29) is 23.3 Å². The first-order valence-electron chi connectivity index (χ1n) is 9.51. The molecule has 0 aliphatic rings. The zero-order valence-electron chi connectivity index (χ0n) is 16.7. The highest BCUT2D eigenvalue weighted by Crippen LogP contribution is 2.26. The predicted molar refractivity (Wildman–Crippen MR) is 117 cm³/mol. The molecule has 0 unspecified atom stereocenters. The average molecular weight is 449 g/mol. The lowest BCUT2D eigenvalue weighted by Gasteiger charge is -2.10. The Labute approximate surface area is 183 Å². The highest BCUT2D eigenvalue weighted by Gasteiger charge is 2.14. The summed E-state index contributed by atoms with van der Waals surface area (Å²) in [6, 6.07) is 11.7. The Hall–Kier alpha value is -2.58. The highest BCUT2D eigenvalue weighted by molar-refractivity contribution is 7.99. The standard InChI is InChI=1S/C21H22ClFN4O2S/c1-3-14-5-8-16(9-6-14)24-20(28)13-30-21-26-25-19(27(21)4-2)12-29-18-10-7-15(23)11-17(18)22/h5-11H,3-4,12-13H2,1-2H3,(H,24,28). The molecule has 1 heterocycles. The lowest BCUT2D eigenvalue weighted by molar-refractivity contribution is -0.113. The maximum absolute atomic E-state index is 13.2. The second-order valence-electron chi connectivity index (χ2n) is 6.39. The number of benzene rings is 2. The van der Waals surface area contributed by atoms with Crippen molar-refractivity contribution in [2.45, 2.75) is 38.6 Å². The van der Waals surface area contributed by atoms with Crippen LogP contribution in [0.5, 0.6) is 5.75 Å². The Bertz CT molecular complexity index is 1010. The van der Waals surface area contributed by atoms with Gasteiger partial charge >= 0.3 is 0 Å². The SMILES string of the molecule is CCc1ccc(NC(=O)CSc2nnc(COc3ccc(F)cc3Cl)n2CC)cc1. The first-order chi connectivity index (χ1) is 14.5. The van der Waals surface area contributed by atoms with Gasteiger partial charge in [-0.2, -0.15) is 0 Å². The third-order valence-electron chi connectivity index (χ3n) is 4.34. The van der Waals surface area contributed by atoms with E-state index < -0.39 is 5.82 Å². The van der Waals surface area contributed by atoms with Crippen LogP contribution in [0.3, 0.4) is 0 Å². The van der Waals surface area contributed by atoms with Gasteiger partial charge < -0.3 is 14.6 Å². The number of rotatable bonds is 9. The number of hydrogen-bond acceptors (Lipinski definition) is 5. The molecule has 1 N–H and O–H groups in total. The van der Waals surface area contributed by atoms with Crippen molar-refractivity contribution in [1.82, 2.24) is 14.8 Å². The van der Waals surface area contributed by atoms with Crippen LogP contribution < -0.4 is 10.1 Å². The summed E-state index contributed by atoms with van der Waals surface area (Å²) in [7, 11) is 0. The molecule has 1 amide bonds. The number of nitrogens with one attached hydrogen (secondary N) is 1. The van der Waals surface area contributed by atoms with Gasteiger partial charge in [0.25, 0.3) is 0 Å². The summed E-state index contributed by atoms with van der Waals surface area (Å²) in [5.41, 5.74) is 1.98. The summed E-state index contributed by atoms with van der Waals surface area (Å²) in [5, 5.41) is 12.0. The monoisotopic (exact) mass is 448 g/mol. The van der Waals surface area contributed by atoms with Crippen LogP contribution >= 0.6 is 23.4 Å². The number of amides is 1. The van der Waals surface area contributed by atoms with E-state index in [0.717, 1.165) is 12.1 Å². The summed E-state index contributed by atoms with van der Waals surface area (Å²) in [6.45, 7) is 4.78. The number of carbonyl (C=O) groups excluding carboxylic acids is 1. The second-order valence-corrected chi connectivity index (χ2v) is 7.74. The topological polar surface area (TPSA) is 69.0 Å². The normalized spacial score (nSPS) is 10.8. The summed E-state index contributed by atoms with van der Waals surface area (Å²) < 4.78 is 20.7. The minimum absolute atomic E-state index is 0.120. The van der Waals surface area contributed by atoms with E-state index in [9.17, 15) is 9.18 Å². The Balaban J connectivity index is 1.57. The van der Waals surface area contributed by atoms with Crippen LogP contribution in [-0.2, 0) is 24.4 Å². The Kier molecular flexibility index (Phi) is 7.70. The van der Waals surface area contributed by atoms with Gasteiger partial charge in [0.2, 0.25) is 5.91 Å².